The number of anilines is 2. The predicted molar refractivity (Wildman–Crippen MR) is 200 cm³/mol. The molecular formula is C40H37N2O7SSi+. The number of carbonyl (C=O) groups is 1. The van der Waals surface area contributed by atoms with E-state index >= 15 is 0 Å². The van der Waals surface area contributed by atoms with Gasteiger partial charge in [0.25, 0.3) is 10.1 Å². The summed E-state index contributed by atoms with van der Waals surface area (Å²) >= 11 is 0. The molecule has 0 saturated heterocycles. The lowest BCUT2D eigenvalue weighted by Crippen LogP contribution is -2.49. The molecule has 0 saturated carbocycles. The molecule has 4 aromatic rings. The van der Waals surface area contributed by atoms with E-state index in [0.29, 0.717) is 30.0 Å². The fourth-order valence-electron chi connectivity index (χ4n) is 8.12. The van der Waals surface area contributed by atoms with Crippen LogP contribution in [-0.4, -0.2) is 69.7 Å². The van der Waals surface area contributed by atoms with Gasteiger partial charge in [0.2, 0.25) is 11.4 Å². The molecule has 0 unspecified atom stereocenters. The summed E-state index contributed by atoms with van der Waals surface area (Å²) in [5, 5.41) is 12.4. The lowest BCUT2D eigenvalue weighted by atomic mass is 9.88. The molecule has 3 aliphatic heterocycles. The van der Waals surface area contributed by atoms with Crippen LogP contribution in [0.2, 0.25) is 13.1 Å². The molecule has 8 rings (SSSR count). The van der Waals surface area contributed by atoms with Crippen molar-refractivity contribution in [3.05, 3.63) is 130 Å². The number of benzene rings is 4. The molecule has 0 bridgehead atoms. The van der Waals surface area contributed by atoms with Gasteiger partial charge in [-0.15, -0.1) is 0 Å². The Bertz CT molecular complexity index is 2420. The van der Waals surface area contributed by atoms with Crippen molar-refractivity contribution in [3.63, 3.8) is 0 Å². The summed E-state index contributed by atoms with van der Waals surface area (Å²) in [4.78, 5) is 14.4. The quantitative estimate of drug-likeness (QED) is 0.133. The SMILES string of the molecule is COc1cc(C(=O)O)cc(OC)c1C1=C2C=CC(=[N+]3CCc4cc(S(=O)(=O)O)ccc43)C=C2[Si](C)(C)c2cc(N3CCc4ccccc43)ccc21. The number of hydrogen-bond acceptors (Lipinski definition) is 6. The van der Waals surface area contributed by atoms with Crippen molar-refractivity contribution in [1.29, 1.82) is 0 Å². The monoisotopic (exact) mass is 717 g/mol. The van der Waals surface area contributed by atoms with Crippen LogP contribution in [0.25, 0.3) is 5.57 Å². The Hall–Kier alpha value is -5.23. The predicted octanol–water partition coefficient (Wildman–Crippen LogP) is 6.45. The highest BCUT2D eigenvalue weighted by atomic mass is 32.2. The summed E-state index contributed by atoms with van der Waals surface area (Å²) in [6.45, 7) is 6.29. The average molecular weight is 718 g/mol. The third-order valence-corrected chi connectivity index (χ3v) is 15.0. The number of nitrogens with zero attached hydrogens (tertiary/aromatic N) is 2. The first-order valence-electron chi connectivity index (χ1n) is 16.8. The average Bonchev–Trinajstić information content (AvgIpc) is 3.75. The van der Waals surface area contributed by atoms with Gasteiger partial charge in [0, 0.05) is 53.7 Å². The van der Waals surface area contributed by atoms with Crippen molar-refractivity contribution in [2.75, 3.05) is 32.2 Å². The number of rotatable bonds is 6. The number of methoxy groups -OCH3 is 2. The summed E-state index contributed by atoms with van der Waals surface area (Å²) in [7, 11) is -3.66. The topological polar surface area (TPSA) is 116 Å². The van der Waals surface area contributed by atoms with E-state index in [1.807, 2.05) is 0 Å². The highest BCUT2D eigenvalue weighted by Crippen LogP contribution is 2.48. The zero-order chi connectivity index (χ0) is 35.8. The molecule has 11 heteroatoms. The minimum Gasteiger partial charge on any atom is -0.496 e. The molecule has 4 aliphatic rings. The maximum atomic E-state index is 12.1. The normalized spacial score (nSPS) is 18.5. The molecule has 0 atom stereocenters. The van der Waals surface area contributed by atoms with Crippen LogP contribution in [0.4, 0.5) is 17.1 Å². The number of fused-ring (bicyclic) bond motifs is 4. The summed E-state index contributed by atoms with van der Waals surface area (Å²) < 4.78 is 47.4. The van der Waals surface area contributed by atoms with E-state index in [2.05, 4.69) is 83.3 Å². The Morgan fingerprint density at radius 2 is 1.65 bits per heavy atom. The van der Waals surface area contributed by atoms with Gasteiger partial charge < -0.3 is 19.5 Å². The number of carboxylic acids is 1. The van der Waals surface area contributed by atoms with Crippen LogP contribution in [-0.2, 0) is 23.0 Å². The smallest absolute Gasteiger partial charge is 0.335 e. The number of allylic oxidation sites excluding steroid dienone is 5. The van der Waals surface area contributed by atoms with Crippen LogP contribution in [0.1, 0.15) is 32.6 Å². The molecule has 9 nitrogen and oxygen atoms in total. The van der Waals surface area contributed by atoms with Crippen LogP contribution in [0.5, 0.6) is 11.5 Å². The summed E-state index contributed by atoms with van der Waals surface area (Å²) in [5.41, 5.74) is 10.2. The summed E-state index contributed by atoms with van der Waals surface area (Å²) in [5.74, 6) is -0.259. The minimum atomic E-state index is -4.31. The Morgan fingerprint density at radius 3 is 2.35 bits per heavy atom. The molecule has 0 radical (unpaired) electrons. The molecule has 0 amide bonds. The van der Waals surface area contributed by atoms with E-state index < -0.39 is 24.2 Å². The largest absolute Gasteiger partial charge is 0.496 e. The van der Waals surface area contributed by atoms with Crippen molar-refractivity contribution in [2.45, 2.75) is 30.8 Å². The van der Waals surface area contributed by atoms with E-state index in [-0.39, 0.29) is 10.5 Å². The van der Waals surface area contributed by atoms with Crippen molar-refractivity contribution in [3.8, 4) is 11.5 Å². The molecule has 0 fully saturated rings. The van der Waals surface area contributed by atoms with Gasteiger partial charge in [0.15, 0.2) is 6.54 Å². The highest BCUT2D eigenvalue weighted by molar-refractivity contribution is 7.85. The summed E-state index contributed by atoms with van der Waals surface area (Å²) in [6.07, 6.45) is 8.10. The van der Waals surface area contributed by atoms with Crippen LogP contribution in [0, 0.1) is 0 Å². The van der Waals surface area contributed by atoms with Crippen molar-refractivity contribution in [1.82, 2.24) is 0 Å². The second-order valence-corrected chi connectivity index (χ2v) is 19.5. The van der Waals surface area contributed by atoms with Crippen molar-refractivity contribution >= 4 is 57.7 Å². The zero-order valence-corrected chi connectivity index (χ0v) is 30.5. The maximum Gasteiger partial charge on any atom is 0.335 e. The number of hydrogen-bond donors (Lipinski definition) is 2. The Kier molecular flexibility index (Phi) is 7.71. The Labute approximate surface area is 297 Å². The van der Waals surface area contributed by atoms with Gasteiger partial charge in [0.1, 0.15) is 19.6 Å². The van der Waals surface area contributed by atoms with Gasteiger partial charge in [0.05, 0.1) is 30.2 Å². The number of ether oxygens (including phenoxy) is 2. The van der Waals surface area contributed by atoms with Gasteiger partial charge in [-0.1, -0.05) is 37.4 Å². The lowest BCUT2D eigenvalue weighted by molar-refractivity contribution is -0.427. The fourth-order valence-corrected chi connectivity index (χ4v) is 11.7. The maximum absolute atomic E-state index is 12.1. The minimum absolute atomic E-state index is 0.0715. The van der Waals surface area contributed by atoms with E-state index in [1.54, 1.807) is 38.5 Å². The number of para-hydroxylation sites is 1. The number of carboxylic acid groups (broad SMARTS) is 1. The van der Waals surface area contributed by atoms with Crippen LogP contribution >= 0.6 is 0 Å². The Balaban J connectivity index is 1.37. The van der Waals surface area contributed by atoms with Crippen molar-refractivity contribution < 1.29 is 36.9 Å². The van der Waals surface area contributed by atoms with Crippen LogP contribution < -0.4 is 19.6 Å². The van der Waals surface area contributed by atoms with Crippen molar-refractivity contribution in [2.24, 2.45) is 0 Å². The first-order valence-corrected chi connectivity index (χ1v) is 21.2. The standard InChI is InChI=1S/C40H36N2O7SSi/c1-48-34-20-26(40(43)44)21-35(49-2)39(34)38-30-12-9-27(41-17-15-24-7-5-6-8-32(24)41)22-36(30)51(3,4)37-23-28(10-13-31(37)38)42-18-16-25-19-29(50(45,46)47)11-14-33(25)42/h5-14,19-23H,15-18H2,1-4H3,(H-,43,44,45,46,47)/p+1. The molecule has 258 valence electrons. The third-order valence-electron chi connectivity index (χ3n) is 10.6. The molecule has 0 spiro atoms. The third kappa shape index (κ3) is 5.26. The second-order valence-electron chi connectivity index (χ2n) is 13.7. The molecule has 2 N–H and O–H groups in total. The van der Waals surface area contributed by atoms with E-state index in [4.69, 9.17) is 9.47 Å². The fraction of sp³-hybridized carbons (Fsp3) is 0.200. The highest BCUT2D eigenvalue weighted by Gasteiger charge is 2.43. The molecule has 4 aromatic carbocycles. The molecular weight excluding hydrogens is 681 g/mol. The van der Waals surface area contributed by atoms with Gasteiger partial charge in [-0.05, 0) is 82.0 Å². The summed E-state index contributed by atoms with van der Waals surface area (Å²) in [6, 6.07) is 23.1. The second kappa shape index (κ2) is 11.9. The first-order chi connectivity index (χ1) is 24.4. The molecule has 3 heterocycles. The lowest BCUT2D eigenvalue weighted by Gasteiger charge is -2.38. The van der Waals surface area contributed by atoms with Gasteiger partial charge in [-0.2, -0.15) is 13.0 Å². The molecule has 0 aromatic heterocycles. The Morgan fingerprint density at radius 1 is 0.902 bits per heavy atom. The van der Waals surface area contributed by atoms with E-state index in [0.717, 1.165) is 52.3 Å². The first kappa shape index (κ1) is 32.9. The van der Waals surface area contributed by atoms with Crippen LogP contribution in [0.3, 0.4) is 0 Å². The van der Waals surface area contributed by atoms with Gasteiger partial charge in [-0.3, -0.25) is 4.55 Å². The number of aromatic carboxylic acids is 1. The van der Waals surface area contributed by atoms with E-state index in [1.165, 1.54) is 27.7 Å². The van der Waals surface area contributed by atoms with E-state index in [9.17, 15) is 22.9 Å². The van der Waals surface area contributed by atoms with Gasteiger partial charge >= 0.3 is 5.97 Å². The molecule has 51 heavy (non-hydrogen) atoms. The molecule has 1 aliphatic carbocycles. The zero-order valence-electron chi connectivity index (χ0n) is 28.7. The van der Waals surface area contributed by atoms with Crippen LogP contribution in [0.15, 0.2) is 107 Å². The van der Waals surface area contributed by atoms with Gasteiger partial charge in [-0.25, -0.2) is 4.79 Å².